The topological polar surface area (TPSA) is 72.8 Å². The number of aliphatic hydroxyl groups excluding tert-OH is 1. The summed E-state index contributed by atoms with van der Waals surface area (Å²) in [4.78, 5) is 24.7. The van der Waals surface area contributed by atoms with E-state index in [1.54, 1.807) is 0 Å². The number of rotatable bonds is 67. The lowest BCUT2D eigenvalue weighted by atomic mass is 10.0. The highest BCUT2D eigenvalue weighted by molar-refractivity contribution is 5.70. The quantitative estimate of drug-likeness (QED) is 0.0373. The Labute approximate surface area is 522 Å². The van der Waals surface area contributed by atoms with Crippen molar-refractivity contribution in [1.82, 2.24) is 0 Å². The van der Waals surface area contributed by atoms with Gasteiger partial charge in [-0.25, -0.2) is 0 Å². The summed E-state index contributed by atoms with van der Waals surface area (Å²) in [6.45, 7) is 4.04. The Morgan fingerprint density at radius 2 is 0.512 bits per heavy atom. The summed E-state index contributed by atoms with van der Waals surface area (Å²) in [5.41, 5.74) is 0. The SMILES string of the molecule is CC/C=C\C/C=C\C/C=C\C/C=C\C/C=C\C/C=C\CCCCCCCCCCCCC(=O)OC(CO)COC(=O)CCCCCCCCCCCCCCCCCCCCCCCCCCCC/C=C\C/C=C\C/C=C\CCCCCCC. The zero-order valence-electron chi connectivity index (χ0n) is 55.6. The van der Waals surface area contributed by atoms with Crippen LogP contribution in [0.2, 0.25) is 0 Å². The van der Waals surface area contributed by atoms with Gasteiger partial charge in [0.2, 0.25) is 0 Å². The molecule has 0 aliphatic carbocycles. The molecule has 1 unspecified atom stereocenters. The fourth-order valence-electron chi connectivity index (χ4n) is 10.6. The Morgan fingerprint density at radius 1 is 0.286 bits per heavy atom. The molecule has 0 spiro atoms. The second-order valence-electron chi connectivity index (χ2n) is 24.3. The van der Waals surface area contributed by atoms with E-state index in [4.69, 9.17) is 9.47 Å². The van der Waals surface area contributed by atoms with Crippen LogP contribution in [0.5, 0.6) is 0 Å². The molecule has 0 rings (SSSR count). The molecule has 0 heterocycles. The minimum absolute atomic E-state index is 0.0685. The smallest absolute Gasteiger partial charge is 0.306 e. The van der Waals surface area contributed by atoms with Crippen LogP contribution >= 0.6 is 0 Å². The highest BCUT2D eigenvalue weighted by Crippen LogP contribution is 2.18. The molecule has 0 radical (unpaired) electrons. The summed E-state index contributed by atoms with van der Waals surface area (Å²) in [5.74, 6) is -0.585. The largest absolute Gasteiger partial charge is 0.462 e. The first kappa shape index (κ1) is 80.6. The van der Waals surface area contributed by atoms with Crippen LogP contribution in [0.4, 0.5) is 0 Å². The van der Waals surface area contributed by atoms with Crippen LogP contribution in [-0.2, 0) is 19.1 Å². The van der Waals surface area contributed by atoms with Crippen molar-refractivity contribution < 1.29 is 24.2 Å². The number of allylic oxidation sites excluding steroid dienone is 18. The lowest BCUT2D eigenvalue weighted by Gasteiger charge is -2.15. The van der Waals surface area contributed by atoms with Crippen molar-refractivity contribution >= 4 is 11.9 Å². The molecule has 5 heteroatoms. The average molecular weight is 1170 g/mol. The number of esters is 2. The Kier molecular flexibility index (Phi) is 70.8. The Bertz CT molecular complexity index is 1610. The fraction of sp³-hybridized carbons (Fsp3) is 0.747. The predicted molar refractivity (Wildman–Crippen MR) is 371 cm³/mol. The van der Waals surface area contributed by atoms with E-state index in [2.05, 4.69) is 123 Å². The summed E-state index contributed by atoms with van der Waals surface area (Å²) in [5, 5.41) is 9.71. The number of hydrogen-bond donors (Lipinski definition) is 1. The molecule has 0 amide bonds. The van der Waals surface area contributed by atoms with Crippen LogP contribution in [0.1, 0.15) is 361 Å². The van der Waals surface area contributed by atoms with E-state index < -0.39 is 6.10 Å². The summed E-state index contributed by atoms with van der Waals surface area (Å²) in [7, 11) is 0. The van der Waals surface area contributed by atoms with Crippen molar-refractivity contribution in [2.45, 2.75) is 367 Å². The van der Waals surface area contributed by atoms with Crippen molar-refractivity contribution in [2.75, 3.05) is 13.2 Å². The van der Waals surface area contributed by atoms with Gasteiger partial charge < -0.3 is 14.6 Å². The van der Waals surface area contributed by atoms with Gasteiger partial charge in [-0.05, 0) is 103 Å². The fourth-order valence-corrected chi connectivity index (χ4v) is 10.6. The van der Waals surface area contributed by atoms with Crippen molar-refractivity contribution in [3.8, 4) is 0 Å². The second-order valence-corrected chi connectivity index (χ2v) is 24.3. The van der Waals surface area contributed by atoms with Gasteiger partial charge in [-0.15, -0.1) is 0 Å². The molecule has 1 atom stereocenters. The van der Waals surface area contributed by atoms with Crippen LogP contribution in [0.3, 0.4) is 0 Å². The Balaban J connectivity index is 3.43. The van der Waals surface area contributed by atoms with Gasteiger partial charge in [-0.3, -0.25) is 9.59 Å². The third kappa shape index (κ3) is 71.0. The molecule has 0 aromatic carbocycles. The summed E-state index contributed by atoms with van der Waals surface area (Å²) < 4.78 is 10.8. The maximum atomic E-state index is 12.4. The van der Waals surface area contributed by atoms with Gasteiger partial charge >= 0.3 is 11.9 Å². The first-order valence-electron chi connectivity index (χ1n) is 36.4. The number of unbranched alkanes of at least 4 members (excludes halogenated alkanes) is 41. The van der Waals surface area contributed by atoms with Gasteiger partial charge in [-0.1, -0.05) is 354 Å². The van der Waals surface area contributed by atoms with Crippen molar-refractivity contribution in [1.29, 1.82) is 0 Å². The molecule has 0 aromatic rings. The van der Waals surface area contributed by atoms with E-state index in [0.717, 1.165) is 89.9 Å². The third-order valence-electron chi connectivity index (χ3n) is 16.1. The van der Waals surface area contributed by atoms with Gasteiger partial charge in [-0.2, -0.15) is 0 Å². The maximum Gasteiger partial charge on any atom is 0.306 e. The second kappa shape index (κ2) is 73.8. The Hall–Kier alpha value is -3.44. The number of carbonyl (C=O) groups excluding carboxylic acids is 2. The van der Waals surface area contributed by atoms with E-state index in [1.165, 1.54) is 244 Å². The number of hydrogen-bond acceptors (Lipinski definition) is 5. The zero-order chi connectivity index (χ0) is 60.5. The molecule has 0 aliphatic heterocycles. The van der Waals surface area contributed by atoms with Crippen LogP contribution in [0.25, 0.3) is 0 Å². The van der Waals surface area contributed by atoms with Gasteiger partial charge in [0.05, 0.1) is 6.61 Å². The van der Waals surface area contributed by atoms with Crippen LogP contribution in [-0.4, -0.2) is 36.4 Å². The number of aliphatic hydroxyl groups is 1. The van der Waals surface area contributed by atoms with Gasteiger partial charge in [0.25, 0.3) is 0 Å². The van der Waals surface area contributed by atoms with Crippen LogP contribution in [0, 0.1) is 0 Å². The standard InChI is InChI=1S/C79H138O5/c1-3-5-7-9-11-13-15-17-19-21-23-25-27-29-31-33-34-35-36-37-38-39-40-41-42-43-44-46-47-49-51-53-55-57-59-61-63-65-67-69-71-73-78(81)83-76-77(75-80)84-79(82)74-72-70-68-66-64-62-60-58-56-54-52-50-48-45-32-30-28-26-24-22-20-18-16-14-12-10-8-6-4-2/h6,8,12,14-15,17-18,20-21,23-24,26-27,29-30,32,48,50,77,80H,3-5,7,9-11,13,16,19,22,25,28,31,33-47,49,51-76H2,1-2H3/b8-6-,14-12-,17-15-,20-18-,23-21-,26-24-,29-27-,32-30-,50-48-. The van der Waals surface area contributed by atoms with E-state index in [0.29, 0.717) is 12.8 Å². The first-order valence-corrected chi connectivity index (χ1v) is 36.4. The number of ether oxygens (including phenoxy) is 2. The highest BCUT2D eigenvalue weighted by atomic mass is 16.6. The molecule has 0 saturated heterocycles. The van der Waals surface area contributed by atoms with E-state index >= 15 is 0 Å². The molecule has 484 valence electrons. The van der Waals surface area contributed by atoms with Crippen molar-refractivity contribution in [3.63, 3.8) is 0 Å². The first-order chi connectivity index (χ1) is 41.6. The van der Waals surface area contributed by atoms with E-state index in [9.17, 15) is 14.7 Å². The molecule has 0 aliphatic rings. The van der Waals surface area contributed by atoms with Crippen molar-refractivity contribution in [3.05, 3.63) is 109 Å². The third-order valence-corrected chi connectivity index (χ3v) is 16.1. The Morgan fingerprint density at radius 3 is 0.774 bits per heavy atom. The minimum atomic E-state index is -0.781. The monoisotopic (exact) mass is 1170 g/mol. The van der Waals surface area contributed by atoms with Gasteiger partial charge in [0.15, 0.2) is 6.10 Å². The van der Waals surface area contributed by atoms with Gasteiger partial charge in [0.1, 0.15) is 6.61 Å². The molecular weight excluding hydrogens is 1030 g/mol. The van der Waals surface area contributed by atoms with E-state index in [1.807, 2.05) is 0 Å². The van der Waals surface area contributed by atoms with E-state index in [-0.39, 0.29) is 25.2 Å². The number of carbonyl (C=O) groups is 2. The summed E-state index contributed by atoms with van der Waals surface area (Å²) >= 11 is 0. The molecule has 0 saturated carbocycles. The van der Waals surface area contributed by atoms with Crippen LogP contribution in [0.15, 0.2) is 109 Å². The van der Waals surface area contributed by atoms with Gasteiger partial charge in [0, 0.05) is 12.8 Å². The predicted octanol–water partition coefficient (Wildman–Crippen LogP) is 25.5. The molecule has 0 fully saturated rings. The lowest BCUT2D eigenvalue weighted by molar-refractivity contribution is -0.161. The van der Waals surface area contributed by atoms with Crippen LogP contribution < -0.4 is 0 Å². The summed E-state index contributed by atoms with van der Waals surface area (Å²) in [6.07, 6.45) is 107. The molecular formula is C79H138O5. The van der Waals surface area contributed by atoms with Crippen molar-refractivity contribution in [2.24, 2.45) is 0 Å². The molecule has 84 heavy (non-hydrogen) atoms. The summed E-state index contributed by atoms with van der Waals surface area (Å²) in [6, 6.07) is 0. The molecule has 1 N–H and O–H groups in total. The zero-order valence-corrected chi connectivity index (χ0v) is 55.6. The normalized spacial score (nSPS) is 12.8. The molecule has 0 bridgehead atoms. The maximum absolute atomic E-state index is 12.4. The minimum Gasteiger partial charge on any atom is -0.462 e. The highest BCUT2D eigenvalue weighted by Gasteiger charge is 2.16. The molecule has 5 nitrogen and oxygen atoms in total. The average Bonchev–Trinajstić information content (AvgIpc) is 3.51. The molecule has 0 aromatic heterocycles. The lowest BCUT2D eigenvalue weighted by Crippen LogP contribution is -2.28.